The van der Waals surface area contributed by atoms with Crippen molar-refractivity contribution in [3.63, 3.8) is 0 Å². The van der Waals surface area contributed by atoms with Crippen molar-refractivity contribution in [2.75, 3.05) is 14.2 Å². The van der Waals surface area contributed by atoms with Gasteiger partial charge in [0.2, 0.25) is 0 Å². The summed E-state index contributed by atoms with van der Waals surface area (Å²) in [5.41, 5.74) is 2.34. The number of hydrogen-bond acceptors (Lipinski definition) is 4. The zero-order valence-electron chi connectivity index (χ0n) is 14.8. The number of carbonyl (C=O) groups is 1. The third-order valence-corrected chi connectivity index (χ3v) is 5.49. The zero-order valence-corrected chi connectivity index (χ0v) is 16.4. The number of benzene rings is 1. The smallest absolute Gasteiger partial charge is 0.496 e. The van der Waals surface area contributed by atoms with Crippen LogP contribution in [0.1, 0.15) is 38.7 Å². The van der Waals surface area contributed by atoms with Crippen LogP contribution < -0.4 is 9.47 Å². The minimum absolute atomic E-state index is 0.165. The van der Waals surface area contributed by atoms with Crippen molar-refractivity contribution < 1.29 is 19.0 Å². The van der Waals surface area contributed by atoms with Gasteiger partial charge < -0.3 is 14.2 Å². The molecule has 4 nitrogen and oxygen atoms in total. The Bertz CT molecular complexity index is 636. The number of methoxy groups -OCH3 is 2. The molecule has 0 aromatic heterocycles. The number of rotatable bonds is 4. The number of hydrogen-bond donors (Lipinski definition) is 0. The lowest BCUT2D eigenvalue weighted by Crippen LogP contribution is -2.31. The lowest BCUT2D eigenvalue weighted by Gasteiger charge is -2.40. The molecule has 0 N–H and O–H groups in total. The largest absolute Gasteiger partial charge is 0.513 e. The van der Waals surface area contributed by atoms with Crippen LogP contribution in [0.15, 0.2) is 28.8 Å². The molecule has 1 aliphatic carbocycles. The van der Waals surface area contributed by atoms with Crippen LogP contribution in [-0.2, 0) is 11.2 Å². The summed E-state index contributed by atoms with van der Waals surface area (Å²) in [4.78, 5) is 11.6. The van der Waals surface area contributed by atoms with E-state index in [1.807, 2.05) is 6.07 Å². The maximum absolute atomic E-state index is 11.6. The monoisotopic (exact) mass is 396 g/mol. The Labute approximate surface area is 152 Å². The number of carbonyl (C=O) groups excluding carboxylic acids is 1. The molecular formula is C19H25BrO4. The molecule has 2 rings (SSSR count). The molecule has 1 aromatic carbocycles. The fraction of sp³-hybridized carbons (Fsp3) is 0.526. The maximum atomic E-state index is 11.6. The first kappa shape index (κ1) is 18.8. The van der Waals surface area contributed by atoms with Crippen LogP contribution >= 0.6 is 15.9 Å². The standard InChI is InChI=1S/C19H25BrO4/c1-12-7-6-8-19(2,3)14(12)9-13-10-17(22-4)15(20)11-16(13)24-18(21)23-5/h10-11,14H,1,6-9H2,2-5H3. The lowest BCUT2D eigenvalue weighted by molar-refractivity contribution is 0.120. The van der Waals surface area contributed by atoms with Crippen LogP contribution in [-0.4, -0.2) is 20.4 Å². The van der Waals surface area contributed by atoms with Crippen molar-refractivity contribution in [3.05, 3.63) is 34.3 Å². The van der Waals surface area contributed by atoms with Crippen LogP contribution in [0.5, 0.6) is 11.5 Å². The van der Waals surface area contributed by atoms with Gasteiger partial charge in [-0.2, -0.15) is 0 Å². The van der Waals surface area contributed by atoms with Crippen molar-refractivity contribution >= 4 is 22.1 Å². The highest BCUT2D eigenvalue weighted by Crippen LogP contribution is 2.46. The fourth-order valence-corrected chi connectivity index (χ4v) is 3.92. The second-order valence-corrected chi connectivity index (χ2v) is 7.76. The molecule has 1 atom stereocenters. The van der Waals surface area contributed by atoms with Gasteiger partial charge in [0.05, 0.1) is 18.7 Å². The molecule has 0 bridgehead atoms. The number of ether oxygens (including phenoxy) is 3. The number of allylic oxidation sites excluding steroid dienone is 1. The van der Waals surface area contributed by atoms with E-state index in [0.717, 1.165) is 29.3 Å². The summed E-state index contributed by atoms with van der Waals surface area (Å²) in [7, 11) is 2.92. The third kappa shape index (κ3) is 4.12. The van der Waals surface area contributed by atoms with Gasteiger partial charge in [-0.15, -0.1) is 0 Å². The Kier molecular flexibility index (Phi) is 5.97. The van der Waals surface area contributed by atoms with E-state index < -0.39 is 6.16 Å². The van der Waals surface area contributed by atoms with Crippen molar-refractivity contribution in [1.82, 2.24) is 0 Å². The molecule has 0 saturated heterocycles. The molecule has 1 unspecified atom stereocenters. The minimum atomic E-state index is -0.727. The highest BCUT2D eigenvalue weighted by molar-refractivity contribution is 9.10. The zero-order chi connectivity index (χ0) is 17.9. The first-order valence-corrected chi connectivity index (χ1v) is 8.87. The summed E-state index contributed by atoms with van der Waals surface area (Å²) in [5, 5.41) is 0. The molecule has 132 valence electrons. The normalized spacial score (nSPS) is 19.7. The Morgan fingerprint density at radius 1 is 1.33 bits per heavy atom. The van der Waals surface area contributed by atoms with Crippen molar-refractivity contribution in [1.29, 1.82) is 0 Å². The van der Waals surface area contributed by atoms with Crippen LogP contribution in [0.2, 0.25) is 0 Å². The summed E-state index contributed by atoms with van der Waals surface area (Å²) in [6.07, 6.45) is 3.42. The average Bonchev–Trinajstić information content (AvgIpc) is 2.52. The van der Waals surface area contributed by atoms with E-state index in [1.165, 1.54) is 19.1 Å². The second-order valence-electron chi connectivity index (χ2n) is 6.91. The van der Waals surface area contributed by atoms with Crippen LogP contribution in [0, 0.1) is 11.3 Å². The van der Waals surface area contributed by atoms with Gasteiger partial charge in [-0.1, -0.05) is 26.0 Å². The van der Waals surface area contributed by atoms with E-state index in [1.54, 1.807) is 13.2 Å². The van der Waals surface area contributed by atoms with E-state index in [9.17, 15) is 4.79 Å². The highest BCUT2D eigenvalue weighted by Gasteiger charge is 2.35. The van der Waals surface area contributed by atoms with Crippen LogP contribution in [0.25, 0.3) is 0 Å². The molecule has 0 aliphatic heterocycles. The van der Waals surface area contributed by atoms with E-state index in [-0.39, 0.29) is 5.41 Å². The second kappa shape index (κ2) is 7.60. The predicted octanol–water partition coefficient (Wildman–Crippen LogP) is 5.53. The van der Waals surface area contributed by atoms with Gasteiger partial charge >= 0.3 is 6.16 Å². The van der Waals surface area contributed by atoms with E-state index in [4.69, 9.17) is 9.47 Å². The van der Waals surface area contributed by atoms with Crippen LogP contribution in [0.3, 0.4) is 0 Å². The molecule has 1 aromatic rings. The Balaban J connectivity index is 2.39. The summed E-state index contributed by atoms with van der Waals surface area (Å²) < 4.78 is 16.1. The SMILES string of the molecule is C=C1CCCC(C)(C)C1Cc1cc(OC)c(Br)cc1OC(=O)OC. The van der Waals surface area contributed by atoms with Crippen molar-refractivity contribution in [2.45, 2.75) is 39.5 Å². The average molecular weight is 397 g/mol. The predicted molar refractivity (Wildman–Crippen MR) is 97.7 cm³/mol. The van der Waals surface area contributed by atoms with Gasteiger partial charge in [0.25, 0.3) is 0 Å². The molecule has 1 aliphatic rings. The van der Waals surface area contributed by atoms with Crippen LogP contribution in [0.4, 0.5) is 4.79 Å². The summed E-state index contributed by atoms with van der Waals surface area (Å²) >= 11 is 3.44. The molecule has 24 heavy (non-hydrogen) atoms. The molecule has 0 spiro atoms. The van der Waals surface area contributed by atoms with Gasteiger partial charge in [0.15, 0.2) is 0 Å². The Morgan fingerprint density at radius 2 is 2.04 bits per heavy atom. The molecular weight excluding hydrogens is 372 g/mol. The molecule has 0 heterocycles. The van der Waals surface area contributed by atoms with E-state index in [0.29, 0.717) is 17.4 Å². The summed E-state index contributed by atoms with van der Waals surface area (Å²) in [6, 6.07) is 3.67. The van der Waals surface area contributed by atoms with E-state index >= 15 is 0 Å². The Morgan fingerprint density at radius 3 is 2.62 bits per heavy atom. The van der Waals surface area contributed by atoms with Gasteiger partial charge in [-0.05, 0) is 70.6 Å². The van der Waals surface area contributed by atoms with E-state index in [2.05, 4.69) is 41.1 Å². The van der Waals surface area contributed by atoms with Gasteiger partial charge in [0.1, 0.15) is 11.5 Å². The molecule has 0 amide bonds. The lowest BCUT2D eigenvalue weighted by atomic mass is 9.65. The summed E-state index contributed by atoms with van der Waals surface area (Å²) in [5.74, 6) is 1.53. The first-order valence-electron chi connectivity index (χ1n) is 8.08. The third-order valence-electron chi connectivity index (χ3n) is 4.87. The number of halogens is 1. The van der Waals surface area contributed by atoms with Gasteiger partial charge in [-0.25, -0.2) is 4.79 Å². The fourth-order valence-electron chi connectivity index (χ4n) is 3.43. The molecule has 0 radical (unpaired) electrons. The molecule has 1 saturated carbocycles. The first-order chi connectivity index (χ1) is 11.3. The van der Waals surface area contributed by atoms with Gasteiger partial charge in [-0.3, -0.25) is 0 Å². The van der Waals surface area contributed by atoms with Crippen molar-refractivity contribution in [2.24, 2.45) is 11.3 Å². The highest BCUT2D eigenvalue weighted by atomic mass is 79.9. The maximum Gasteiger partial charge on any atom is 0.513 e. The molecule has 5 heteroatoms. The summed E-state index contributed by atoms with van der Waals surface area (Å²) in [6.45, 7) is 8.83. The van der Waals surface area contributed by atoms with Crippen molar-refractivity contribution in [3.8, 4) is 11.5 Å². The molecule has 1 fully saturated rings. The minimum Gasteiger partial charge on any atom is -0.496 e. The van der Waals surface area contributed by atoms with Gasteiger partial charge in [0, 0.05) is 0 Å². The topological polar surface area (TPSA) is 44.8 Å². The Hall–Kier alpha value is -1.49. The quantitative estimate of drug-likeness (QED) is 0.381.